The summed E-state index contributed by atoms with van der Waals surface area (Å²) in [5.74, 6) is -2.81. The minimum Gasteiger partial charge on any atom is -0.382 e. The van der Waals surface area contributed by atoms with Crippen molar-refractivity contribution in [3.05, 3.63) is 29.3 Å². The summed E-state index contributed by atoms with van der Waals surface area (Å²) in [6.45, 7) is 0. The van der Waals surface area contributed by atoms with Gasteiger partial charge >= 0.3 is 0 Å². The van der Waals surface area contributed by atoms with Crippen LogP contribution in [0.2, 0.25) is 0 Å². The fraction of sp³-hybridized carbons (Fsp3) is 0.300. The first-order chi connectivity index (χ1) is 7.08. The lowest BCUT2D eigenvalue weighted by atomic mass is 10.1. The van der Waals surface area contributed by atoms with E-state index in [2.05, 4.69) is 5.32 Å². The van der Waals surface area contributed by atoms with Crippen LogP contribution in [0, 0.1) is 11.6 Å². The van der Waals surface area contributed by atoms with Crippen molar-refractivity contribution in [3.8, 4) is 0 Å². The summed E-state index contributed by atoms with van der Waals surface area (Å²) in [6, 6.07) is 2.03. The van der Waals surface area contributed by atoms with Crippen LogP contribution in [0.15, 0.2) is 12.1 Å². The normalized spacial score (nSPS) is 15.1. The number of primary amides is 1. The molecule has 1 aromatic rings. The number of hydrogen-bond donors (Lipinski definition) is 2. The summed E-state index contributed by atoms with van der Waals surface area (Å²) in [7, 11) is 0. The monoisotopic (exact) mass is 212 g/mol. The van der Waals surface area contributed by atoms with Crippen LogP contribution in [0.4, 0.5) is 14.5 Å². The Balaban J connectivity index is 2.39. The second-order valence-electron chi connectivity index (χ2n) is 3.59. The Morgan fingerprint density at radius 1 is 1.33 bits per heavy atom. The zero-order valence-corrected chi connectivity index (χ0v) is 7.89. The van der Waals surface area contributed by atoms with Gasteiger partial charge in [0.15, 0.2) is 11.6 Å². The largest absolute Gasteiger partial charge is 0.382 e. The molecule has 0 aliphatic heterocycles. The van der Waals surface area contributed by atoms with Gasteiger partial charge in [-0.2, -0.15) is 0 Å². The van der Waals surface area contributed by atoms with Crippen LogP contribution in [0.25, 0.3) is 0 Å². The van der Waals surface area contributed by atoms with Crippen LogP contribution in [0.1, 0.15) is 23.2 Å². The van der Waals surface area contributed by atoms with Gasteiger partial charge in [-0.3, -0.25) is 4.79 Å². The van der Waals surface area contributed by atoms with E-state index < -0.39 is 17.5 Å². The minimum atomic E-state index is -1.06. The van der Waals surface area contributed by atoms with E-state index in [0.717, 1.165) is 25.0 Å². The molecule has 0 bridgehead atoms. The lowest BCUT2D eigenvalue weighted by molar-refractivity contribution is 0.100. The molecular formula is C10H10F2N2O. The number of rotatable bonds is 3. The quantitative estimate of drug-likeness (QED) is 0.800. The summed E-state index contributed by atoms with van der Waals surface area (Å²) in [5.41, 5.74) is 5.32. The van der Waals surface area contributed by atoms with E-state index in [-0.39, 0.29) is 17.3 Å². The maximum absolute atomic E-state index is 12.9. The number of nitrogens with two attached hydrogens (primary N) is 1. The lowest BCUT2D eigenvalue weighted by Crippen LogP contribution is -2.16. The number of benzene rings is 1. The predicted octanol–water partition coefficient (Wildman–Crippen LogP) is 1.64. The summed E-state index contributed by atoms with van der Waals surface area (Å²) in [5, 5.41) is 2.93. The van der Waals surface area contributed by atoms with E-state index in [1.54, 1.807) is 0 Å². The van der Waals surface area contributed by atoms with Crippen molar-refractivity contribution in [3.63, 3.8) is 0 Å². The van der Waals surface area contributed by atoms with E-state index in [4.69, 9.17) is 5.73 Å². The molecule has 3 nitrogen and oxygen atoms in total. The summed E-state index contributed by atoms with van der Waals surface area (Å²) < 4.78 is 25.8. The van der Waals surface area contributed by atoms with E-state index in [1.807, 2.05) is 0 Å². The van der Waals surface area contributed by atoms with Crippen molar-refractivity contribution in [2.45, 2.75) is 18.9 Å². The first-order valence-electron chi connectivity index (χ1n) is 4.63. The van der Waals surface area contributed by atoms with Gasteiger partial charge in [-0.15, -0.1) is 0 Å². The molecule has 3 N–H and O–H groups in total. The van der Waals surface area contributed by atoms with Gasteiger partial charge in [0.05, 0.1) is 11.3 Å². The Bertz CT molecular complexity index is 416. The van der Waals surface area contributed by atoms with E-state index in [9.17, 15) is 13.6 Å². The second-order valence-corrected chi connectivity index (χ2v) is 3.59. The Kier molecular flexibility index (Phi) is 2.30. The first-order valence-corrected chi connectivity index (χ1v) is 4.63. The number of anilines is 1. The molecule has 1 aliphatic rings. The summed E-state index contributed by atoms with van der Waals surface area (Å²) in [6.07, 6.45) is 1.94. The molecule has 0 aromatic heterocycles. The fourth-order valence-electron chi connectivity index (χ4n) is 1.32. The number of halogens is 2. The first kappa shape index (κ1) is 9.89. The Labute approximate surface area is 85.3 Å². The molecule has 1 aliphatic carbocycles. The van der Waals surface area contributed by atoms with Gasteiger partial charge in [-0.25, -0.2) is 8.78 Å². The minimum absolute atomic E-state index is 0.0131. The molecule has 0 radical (unpaired) electrons. The molecule has 0 heterocycles. The van der Waals surface area contributed by atoms with Crippen LogP contribution in [0.3, 0.4) is 0 Å². The Morgan fingerprint density at radius 2 is 1.93 bits per heavy atom. The number of carbonyl (C=O) groups is 1. The summed E-state index contributed by atoms with van der Waals surface area (Å²) >= 11 is 0. The van der Waals surface area contributed by atoms with E-state index in [1.165, 1.54) is 0 Å². The van der Waals surface area contributed by atoms with Crippen LogP contribution in [0.5, 0.6) is 0 Å². The SMILES string of the molecule is NC(=O)c1cc(F)c(F)cc1NC1CC1. The molecule has 2 rings (SSSR count). The van der Waals surface area contributed by atoms with Crippen molar-refractivity contribution in [1.29, 1.82) is 0 Å². The van der Waals surface area contributed by atoms with Crippen LogP contribution < -0.4 is 11.1 Å². The maximum atomic E-state index is 12.9. The van der Waals surface area contributed by atoms with Crippen LogP contribution in [-0.2, 0) is 0 Å². The molecule has 1 fully saturated rings. The van der Waals surface area contributed by atoms with Gasteiger partial charge in [0.1, 0.15) is 0 Å². The van der Waals surface area contributed by atoms with Crippen molar-refractivity contribution >= 4 is 11.6 Å². The third kappa shape index (κ3) is 2.06. The van der Waals surface area contributed by atoms with Crippen molar-refractivity contribution in [2.75, 3.05) is 5.32 Å². The number of hydrogen-bond acceptors (Lipinski definition) is 2. The van der Waals surface area contributed by atoms with Gasteiger partial charge in [-0.1, -0.05) is 0 Å². The number of carbonyl (C=O) groups excluding carboxylic acids is 1. The third-order valence-electron chi connectivity index (χ3n) is 2.26. The molecule has 0 spiro atoms. The highest BCUT2D eigenvalue weighted by atomic mass is 19.2. The molecule has 1 aromatic carbocycles. The van der Waals surface area contributed by atoms with Crippen LogP contribution in [-0.4, -0.2) is 11.9 Å². The van der Waals surface area contributed by atoms with Gasteiger partial charge in [-0.05, 0) is 18.9 Å². The number of nitrogens with one attached hydrogen (secondary N) is 1. The van der Waals surface area contributed by atoms with Crippen LogP contribution >= 0.6 is 0 Å². The van der Waals surface area contributed by atoms with Crippen molar-refractivity contribution in [2.24, 2.45) is 5.73 Å². The zero-order valence-electron chi connectivity index (χ0n) is 7.89. The topological polar surface area (TPSA) is 55.1 Å². The molecule has 0 saturated heterocycles. The molecule has 1 amide bonds. The highest BCUT2D eigenvalue weighted by Crippen LogP contribution is 2.28. The van der Waals surface area contributed by atoms with Crippen molar-refractivity contribution < 1.29 is 13.6 Å². The highest BCUT2D eigenvalue weighted by molar-refractivity contribution is 5.98. The lowest BCUT2D eigenvalue weighted by Gasteiger charge is -2.09. The highest BCUT2D eigenvalue weighted by Gasteiger charge is 2.23. The number of amides is 1. The second kappa shape index (κ2) is 3.49. The predicted molar refractivity (Wildman–Crippen MR) is 51.5 cm³/mol. The third-order valence-corrected chi connectivity index (χ3v) is 2.26. The molecule has 0 unspecified atom stereocenters. The van der Waals surface area contributed by atoms with E-state index >= 15 is 0 Å². The molecule has 0 atom stereocenters. The fourth-order valence-corrected chi connectivity index (χ4v) is 1.32. The smallest absolute Gasteiger partial charge is 0.250 e. The average molecular weight is 212 g/mol. The van der Waals surface area contributed by atoms with Gasteiger partial charge in [0.25, 0.3) is 5.91 Å². The van der Waals surface area contributed by atoms with Gasteiger partial charge < -0.3 is 11.1 Å². The molecule has 1 saturated carbocycles. The standard InChI is InChI=1S/C10H10F2N2O/c11-7-3-6(10(13)15)9(4-8(7)12)14-5-1-2-5/h3-5,14H,1-2H2,(H2,13,15). The summed E-state index contributed by atoms with van der Waals surface area (Å²) in [4.78, 5) is 11.0. The molecule has 5 heteroatoms. The Hall–Kier alpha value is -1.65. The average Bonchev–Trinajstić information content (AvgIpc) is 2.94. The Morgan fingerprint density at radius 3 is 2.47 bits per heavy atom. The molecule has 15 heavy (non-hydrogen) atoms. The zero-order chi connectivity index (χ0) is 11.0. The van der Waals surface area contributed by atoms with E-state index in [0.29, 0.717) is 0 Å². The van der Waals surface area contributed by atoms with Gasteiger partial charge in [0, 0.05) is 12.1 Å². The molecule has 80 valence electrons. The molecular weight excluding hydrogens is 202 g/mol. The van der Waals surface area contributed by atoms with Gasteiger partial charge in [0.2, 0.25) is 0 Å². The van der Waals surface area contributed by atoms with Crippen molar-refractivity contribution in [1.82, 2.24) is 0 Å². The maximum Gasteiger partial charge on any atom is 0.250 e.